The summed E-state index contributed by atoms with van der Waals surface area (Å²) in [6.45, 7) is 5.64. The minimum Gasteiger partial charge on any atom is -0.504 e. The number of likely N-dealkylation sites (tertiary alicyclic amines) is 1. The van der Waals surface area contributed by atoms with Crippen molar-refractivity contribution in [3.8, 4) is 23.0 Å². The molecule has 6 nitrogen and oxygen atoms in total. The van der Waals surface area contributed by atoms with E-state index in [2.05, 4.69) is 4.90 Å². The van der Waals surface area contributed by atoms with E-state index in [1.165, 1.54) is 0 Å². The van der Waals surface area contributed by atoms with Crippen molar-refractivity contribution >= 4 is 30.3 Å². The third-order valence-electron chi connectivity index (χ3n) is 4.71. The normalized spacial score (nSPS) is 16.9. The summed E-state index contributed by atoms with van der Waals surface area (Å²) in [6.07, 6.45) is 3.66. The third kappa shape index (κ3) is 6.03. The van der Waals surface area contributed by atoms with Crippen LogP contribution in [0.4, 0.5) is 0 Å². The van der Waals surface area contributed by atoms with Gasteiger partial charge in [0, 0.05) is 24.2 Å². The van der Waals surface area contributed by atoms with E-state index in [0.717, 1.165) is 11.1 Å². The predicted molar refractivity (Wildman–Crippen MR) is 124 cm³/mol. The highest BCUT2D eigenvalue weighted by Gasteiger charge is 2.24. The fourth-order valence-electron chi connectivity index (χ4n) is 3.40. The van der Waals surface area contributed by atoms with Crippen LogP contribution in [0.5, 0.6) is 23.0 Å². The van der Waals surface area contributed by atoms with Crippen molar-refractivity contribution in [1.29, 1.82) is 0 Å². The molecule has 0 bridgehead atoms. The molecule has 1 aliphatic rings. The highest BCUT2D eigenvalue weighted by Crippen LogP contribution is 2.30. The lowest BCUT2D eigenvalue weighted by Gasteiger charge is -2.26. The molecule has 0 spiro atoms. The summed E-state index contributed by atoms with van der Waals surface area (Å²) in [6, 6.07) is 10.1. The van der Waals surface area contributed by atoms with Crippen LogP contribution < -0.4 is 9.47 Å². The first-order valence-electron chi connectivity index (χ1n) is 9.97. The van der Waals surface area contributed by atoms with Crippen LogP contribution in [0.25, 0.3) is 12.2 Å². The Labute approximate surface area is 188 Å². The fraction of sp³-hybridized carbons (Fsp3) is 0.292. The van der Waals surface area contributed by atoms with Gasteiger partial charge in [-0.3, -0.25) is 9.69 Å². The molecular formula is C24H28ClNO5. The van der Waals surface area contributed by atoms with Crippen molar-refractivity contribution in [2.45, 2.75) is 13.8 Å². The molecule has 0 unspecified atom stereocenters. The zero-order chi connectivity index (χ0) is 21.7. The zero-order valence-electron chi connectivity index (χ0n) is 17.9. The monoisotopic (exact) mass is 445 g/mol. The van der Waals surface area contributed by atoms with Crippen LogP contribution in [0.1, 0.15) is 25.0 Å². The van der Waals surface area contributed by atoms with Crippen molar-refractivity contribution in [3.05, 3.63) is 58.7 Å². The maximum Gasteiger partial charge on any atom is 0.187 e. The van der Waals surface area contributed by atoms with Gasteiger partial charge >= 0.3 is 0 Å². The predicted octanol–water partition coefficient (Wildman–Crippen LogP) is 4.30. The van der Waals surface area contributed by atoms with Gasteiger partial charge in [0.05, 0.1) is 13.2 Å². The smallest absolute Gasteiger partial charge is 0.187 e. The molecule has 1 saturated heterocycles. The van der Waals surface area contributed by atoms with Gasteiger partial charge in [-0.05, 0) is 68.4 Å². The number of aromatic hydroxyl groups is 2. The highest BCUT2D eigenvalue weighted by molar-refractivity contribution is 6.14. The molecule has 2 aromatic carbocycles. The molecule has 0 amide bonds. The first kappa shape index (κ1) is 24.3. The Morgan fingerprint density at radius 1 is 0.871 bits per heavy atom. The van der Waals surface area contributed by atoms with Gasteiger partial charge in [-0.15, -0.1) is 12.4 Å². The first-order valence-corrected chi connectivity index (χ1v) is 9.97. The number of carbonyl (C=O) groups excluding carboxylic acids is 1. The number of hydrogen-bond donors (Lipinski definition) is 2. The van der Waals surface area contributed by atoms with Gasteiger partial charge in [0.1, 0.15) is 0 Å². The number of nitrogens with zero attached hydrogens (tertiary/aromatic N) is 1. The van der Waals surface area contributed by atoms with Gasteiger partial charge in [-0.1, -0.05) is 12.1 Å². The van der Waals surface area contributed by atoms with Gasteiger partial charge < -0.3 is 19.7 Å². The molecule has 0 aromatic heterocycles. The van der Waals surface area contributed by atoms with Crippen LogP contribution in [0.15, 0.2) is 47.5 Å². The van der Waals surface area contributed by atoms with E-state index in [9.17, 15) is 15.0 Å². The lowest BCUT2D eigenvalue weighted by Crippen LogP contribution is -2.34. The number of phenols is 2. The van der Waals surface area contributed by atoms with Gasteiger partial charge in [0.2, 0.25) is 0 Å². The third-order valence-corrected chi connectivity index (χ3v) is 4.71. The van der Waals surface area contributed by atoms with Crippen LogP contribution in [-0.4, -0.2) is 54.2 Å². The van der Waals surface area contributed by atoms with E-state index in [-0.39, 0.29) is 29.7 Å². The second-order valence-corrected chi connectivity index (χ2v) is 7.16. The standard InChI is InChI=1S/C24H27NO5.ClH/c1-4-29-22-12-16(6-8-20(22)26)10-18-14-25(3)15-19(24(18)28)11-17-7-9-21(27)23(13-17)30-5-2;/h6-13,26-27H,4-5,14-15H2,1-3H3;1H/b18-10-,19-11+;. The number of rotatable bonds is 6. The Kier molecular flexibility index (Phi) is 8.54. The summed E-state index contributed by atoms with van der Waals surface area (Å²) < 4.78 is 10.9. The molecule has 166 valence electrons. The van der Waals surface area contributed by atoms with E-state index < -0.39 is 0 Å². The maximum absolute atomic E-state index is 13.1. The number of phenolic OH excluding ortho intramolecular Hbond substituents is 2. The number of piperidine rings is 1. The molecule has 1 aliphatic heterocycles. The van der Waals surface area contributed by atoms with E-state index >= 15 is 0 Å². The summed E-state index contributed by atoms with van der Waals surface area (Å²) in [4.78, 5) is 15.2. The maximum atomic E-state index is 13.1. The largest absolute Gasteiger partial charge is 0.504 e. The topological polar surface area (TPSA) is 79.2 Å². The van der Waals surface area contributed by atoms with Crippen molar-refractivity contribution in [2.75, 3.05) is 33.4 Å². The SMILES string of the molecule is CCOc1cc(/C=C2/CN(C)C/C(=C\c3ccc(O)c(OCC)c3)C2=O)ccc1O.Cl. The molecule has 0 atom stereocenters. The molecule has 3 rings (SSSR count). The Hall–Kier alpha value is -2.96. The minimum atomic E-state index is -0.0230. The van der Waals surface area contributed by atoms with Gasteiger partial charge in [0.15, 0.2) is 28.8 Å². The minimum absolute atomic E-state index is 0. The molecule has 31 heavy (non-hydrogen) atoms. The molecule has 2 N–H and O–H groups in total. The summed E-state index contributed by atoms with van der Waals surface area (Å²) in [5, 5.41) is 19.8. The van der Waals surface area contributed by atoms with Gasteiger partial charge in [0.25, 0.3) is 0 Å². The second-order valence-electron chi connectivity index (χ2n) is 7.16. The fourth-order valence-corrected chi connectivity index (χ4v) is 3.40. The van der Waals surface area contributed by atoms with Crippen molar-refractivity contribution in [3.63, 3.8) is 0 Å². The van der Waals surface area contributed by atoms with Crippen molar-refractivity contribution in [1.82, 2.24) is 4.90 Å². The summed E-state index contributed by atoms with van der Waals surface area (Å²) in [5.41, 5.74) is 2.90. The Balaban J connectivity index is 0.00000341. The molecule has 2 aromatic rings. The van der Waals surface area contributed by atoms with Gasteiger partial charge in [-0.2, -0.15) is 0 Å². The summed E-state index contributed by atoms with van der Waals surface area (Å²) in [7, 11) is 1.96. The summed E-state index contributed by atoms with van der Waals surface area (Å²) >= 11 is 0. The molecule has 0 saturated carbocycles. The number of carbonyl (C=O) groups is 1. The molecular weight excluding hydrogens is 418 g/mol. The average molecular weight is 446 g/mol. The zero-order valence-corrected chi connectivity index (χ0v) is 18.7. The number of Topliss-reactive ketones (excluding diaryl/α,β-unsaturated/α-hetero) is 1. The quantitative estimate of drug-likeness (QED) is 0.645. The molecule has 7 heteroatoms. The summed E-state index contributed by atoms with van der Waals surface area (Å²) in [5.74, 6) is 0.914. The van der Waals surface area contributed by atoms with Crippen LogP contribution in [0.2, 0.25) is 0 Å². The average Bonchev–Trinajstić information content (AvgIpc) is 2.71. The molecule has 1 fully saturated rings. The molecule has 0 radical (unpaired) electrons. The first-order chi connectivity index (χ1) is 14.4. The van der Waals surface area contributed by atoms with E-state index in [0.29, 0.717) is 48.9 Å². The van der Waals surface area contributed by atoms with Crippen molar-refractivity contribution in [2.24, 2.45) is 0 Å². The number of hydrogen-bond acceptors (Lipinski definition) is 6. The van der Waals surface area contributed by atoms with Crippen LogP contribution >= 0.6 is 12.4 Å². The Bertz CT molecular complexity index is 922. The van der Waals surface area contributed by atoms with Crippen molar-refractivity contribution < 1.29 is 24.5 Å². The van der Waals surface area contributed by atoms with E-state index in [1.54, 1.807) is 36.4 Å². The second kappa shape index (κ2) is 10.9. The Morgan fingerprint density at radius 2 is 1.29 bits per heavy atom. The number of likely N-dealkylation sites (N-methyl/N-ethyl adjacent to an activating group) is 1. The number of halogens is 1. The van der Waals surface area contributed by atoms with Gasteiger partial charge in [-0.25, -0.2) is 0 Å². The lowest BCUT2D eigenvalue weighted by molar-refractivity contribution is -0.113. The number of benzene rings is 2. The lowest BCUT2D eigenvalue weighted by atomic mass is 9.94. The number of ketones is 1. The Morgan fingerprint density at radius 3 is 1.68 bits per heavy atom. The van der Waals surface area contributed by atoms with E-state index in [4.69, 9.17) is 9.47 Å². The molecule has 0 aliphatic carbocycles. The molecule has 1 heterocycles. The highest BCUT2D eigenvalue weighted by atomic mass is 35.5. The number of ether oxygens (including phenoxy) is 2. The van der Waals surface area contributed by atoms with Crippen LogP contribution in [0, 0.1) is 0 Å². The van der Waals surface area contributed by atoms with Crippen LogP contribution in [-0.2, 0) is 4.79 Å². The van der Waals surface area contributed by atoms with E-state index in [1.807, 2.05) is 33.0 Å². The van der Waals surface area contributed by atoms with Crippen LogP contribution in [0.3, 0.4) is 0 Å².